The van der Waals surface area contributed by atoms with E-state index in [9.17, 15) is 36.6 Å². The molecule has 0 aromatic heterocycles. The van der Waals surface area contributed by atoms with Gasteiger partial charge in [-0.2, -0.15) is 13.2 Å². The second kappa shape index (κ2) is 11.4. The average molecular weight is 577 g/mol. The van der Waals surface area contributed by atoms with Crippen molar-refractivity contribution in [1.82, 2.24) is 4.90 Å². The maximum absolute atomic E-state index is 14.8. The minimum absolute atomic E-state index is 0.130. The molecule has 1 saturated heterocycles. The van der Waals surface area contributed by atoms with Gasteiger partial charge in [-0.15, -0.1) is 0 Å². The van der Waals surface area contributed by atoms with E-state index in [0.29, 0.717) is 31.0 Å². The number of ether oxygens (including phenoxy) is 1. The van der Waals surface area contributed by atoms with Crippen molar-refractivity contribution in [3.8, 4) is 11.5 Å². The highest BCUT2D eigenvalue weighted by molar-refractivity contribution is 6.06. The molecule has 1 unspecified atom stereocenters. The van der Waals surface area contributed by atoms with Crippen LogP contribution >= 0.6 is 0 Å². The molecule has 41 heavy (non-hydrogen) atoms. The lowest BCUT2D eigenvalue weighted by Gasteiger charge is -2.36. The van der Waals surface area contributed by atoms with E-state index in [1.54, 1.807) is 6.92 Å². The Morgan fingerprint density at radius 2 is 1.73 bits per heavy atom. The number of halogens is 5. The van der Waals surface area contributed by atoms with E-state index in [0.717, 1.165) is 24.3 Å². The number of carbonyl (C=O) groups is 2. The molecule has 2 N–H and O–H groups in total. The standard InChI is InChI=1S/C30H29F5N2O4/c1-17-13-20(31)7-11-24(17)41-25-10-6-19(30(33,34)35)15-22(25)27(38)36-21-8-9-23(32)18(14-21)16-29(2,3)26-5-4-12-37(26)28(39)40/h6-11,13-15,26H,4-5,12,16H2,1-3H3,(H,36,38)(H,39,40). The summed E-state index contributed by atoms with van der Waals surface area (Å²) in [5, 5.41) is 12.1. The number of anilines is 1. The lowest BCUT2D eigenvalue weighted by atomic mass is 9.77. The lowest BCUT2D eigenvalue weighted by molar-refractivity contribution is -0.137. The molecule has 4 rings (SSSR count). The Balaban J connectivity index is 1.62. The lowest BCUT2D eigenvalue weighted by Crippen LogP contribution is -2.44. The molecule has 1 heterocycles. The summed E-state index contributed by atoms with van der Waals surface area (Å²) in [6.07, 6.45) is -4.31. The summed E-state index contributed by atoms with van der Waals surface area (Å²) in [5.41, 5.74) is -1.44. The summed E-state index contributed by atoms with van der Waals surface area (Å²) >= 11 is 0. The van der Waals surface area contributed by atoms with Gasteiger partial charge in [0.15, 0.2) is 0 Å². The molecular formula is C30H29F5N2O4. The number of rotatable bonds is 7. The molecule has 218 valence electrons. The Hall–Kier alpha value is -4.15. The van der Waals surface area contributed by atoms with Gasteiger partial charge in [0.1, 0.15) is 23.1 Å². The van der Waals surface area contributed by atoms with Crippen molar-refractivity contribution in [2.24, 2.45) is 5.41 Å². The van der Waals surface area contributed by atoms with E-state index in [1.165, 1.54) is 29.2 Å². The van der Waals surface area contributed by atoms with Crippen LogP contribution < -0.4 is 10.1 Å². The van der Waals surface area contributed by atoms with Gasteiger partial charge < -0.3 is 20.1 Å². The van der Waals surface area contributed by atoms with E-state index in [2.05, 4.69) is 5.32 Å². The van der Waals surface area contributed by atoms with Crippen molar-refractivity contribution < 1.29 is 41.4 Å². The van der Waals surface area contributed by atoms with Crippen molar-refractivity contribution >= 4 is 17.7 Å². The van der Waals surface area contributed by atoms with Crippen molar-refractivity contribution in [3.63, 3.8) is 0 Å². The molecule has 3 aromatic rings. The van der Waals surface area contributed by atoms with Gasteiger partial charge in [0.05, 0.1) is 11.1 Å². The maximum atomic E-state index is 14.8. The fraction of sp³-hybridized carbons (Fsp3) is 0.333. The number of hydrogen-bond donors (Lipinski definition) is 2. The first-order valence-corrected chi connectivity index (χ1v) is 12.9. The predicted octanol–water partition coefficient (Wildman–Crippen LogP) is 8.05. The van der Waals surface area contributed by atoms with Gasteiger partial charge in [-0.25, -0.2) is 13.6 Å². The third kappa shape index (κ3) is 6.78. The molecule has 6 nitrogen and oxygen atoms in total. The molecule has 11 heteroatoms. The summed E-state index contributed by atoms with van der Waals surface area (Å²) in [7, 11) is 0. The molecule has 1 aliphatic heterocycles. The summed E-state index contributed by atoms with van der Waals surface area (Å²) in [4.78, 5) is 26.3. The molecule has 1 fully saturated rings. The third-order valence-corrected chi connectivity index (χ3v) is 7.26. The van der Waals surface area contributed by atoms with Crippen LogP contribution in [0.25, 0.3) is 0 Å². The maximum Gasteiger partial charge on any atom is 0.416 e. The van der Waals surface area contributed by atoms with Crippen LogP contribution in [0.1, 0.15) is 53.7 Å². The number of amides is 2. The van der Waals surface area contributed by atoms with Crippen LogP contribution in [-0.2, 0) is 12.6 Å². The number of hydrogen-bond acceptors (Lipinski definition) is 3. The second-order valence-corrected chi connectivity index (χ2v) is 10.8. The van der Waals surface area contributed by atoms with Crippen LogP contribution in [0.4, 0.5) is 32.4 Å². The summed E-state index contributed by atoms with van der Waals surface area (Å²) < 4.78 is 74.6. The minimum atomic E-state index is -4.74. The average Bonchev–Trinajstić information content (AvgIpc) is 3.39. The predicted molar refractivity (Wildman–Crippen MR) is 142 cm³/mol. The van der Waals surface area contributed by atoms with Crippen molar-refractivity contribution in [2.45, 2.75) is 52.3 Å². The molecule has 1 aliphatic rings. The molecule has 0 bridgehead atoms. The Labute approximate surface area is 233 Å². The van der Waals surface area contributed by atoms with Crippen LogP contribution in [-0.4, -0.2) is 34.6 Å². The van der Waals surface area contributed by atoms with Gasteiger partial charge in [-0.05, 0) is 97.3 Å². The van der Waals surface area contributed by atoms with E-state index in [-0.39, 0.29) is 35.2 Å². The molecule has 3 aromatic carbocycles. The SMILES string of the molecule is Cc1cc(F)ccc1Oc1ccc(C(F)(F)F)cc1C(=O)Nc1ccc(F)c(CC(C)(C)C2CCCN2C(=O)O)c1. The largest absolute Gasteiger partial charge is 0.465 e. The molecular weight excluding hydrogens is 547 g/mol. The molecule has 2 amide bonds. The fourth-order valence-corrected chi connectivity index (χ4v) is 5.22. The highest BCUT2D eigenvalue weighted by atomic mass is 19.4. The number of benzene rings is 3. The third-order valence-electron chi connectivity index (χ3n) is 7.26. The van der Waals surface area contributed by atoms with Crippen LogP contribution in [0, 0.1) is 24.0 Å². The van der Waals surface area contributed by atoms with Crippen molar-refractivity contribution in [3.05, 3.63) is 88.5 Å². The monoisotopic (exact) mass is 576 g/mol. The van der Waals surface area contributed by atoms with Crippen LogP contribution in [0.5, 0.6) is 11.5 Å². The summed E-state index contributed by atoms with van der Waals surface area (Å²) in [5.74, 6) is -2.07. The van der Waals surface area contributed by atoms with Crippen LogP contribution in [0.15, 0.2) is 54.6 Å². The number of alkyl halides is 3. The van der Waals surface area contributed by atoms with Gasteiger partial charge in [0, 0.05) is 18.3 Å². The number of aryl methyl sites for hydroxylation is 1. The number of likely N-dealkylation sites (tertiary alicyclic amines) is 1. The number of carboxylic acid groups (broad SMARTS) is 1. The van der Waals surface area contributed by atoms with E-state index >= 15 is 0 Å². The second-order valence-electron chi connectivity index (χ2n) is 10.8. The van der Waals surface area contributed by atoms with Crippen LogP contribution in [0.3, 0.4) is 0 Å². The Morgan fingerprint density at radius 1 is 1.02 bits per heavy atom. The minimum Gasteiger partial charge on any atom is -0.465 e. The van der Waals surface area contributed by atoms with Gasteiger partial charge in [0.25, 0.3) is 5.91 Å². The summed E-state index contributed by atoms with van der Waals surface area (Å²) in [6, 6.07) is 9.49. The fourth-order valence-electron chi connectivity index (χ4n) is 5.22. The van der Waals surface area contributed by atoms with Crippen molar-refractivity contribution in [1.29, 1.82) is 0 Å². The first-order valence-electron chi connectivity index (χ1n) is 12.9. The first-order chi connectivity index (χ1) is 19.2. The molecule has 1 atom stereocenters. The number of carbonyl (C=O) groups excluding carboxylic acids is 1. The van der Waals surface area contributed by atoms with Gasteiger partial charge in [-0.3, -0.25) is 4.79 Å². The van der Waals surface area contributed by atoms with E-state index < -0.39 is 46.4 Å². The number of nitrogens with zero attached hydrogens (tertiary/aromatic N) is 1. The molecule has 0 aliphatic carbocycles. The van der Waals surface area contributed by atoms with E-state index in [1.807, 2.05) is 13.8 Å². The quantitative estimate of drug-likeness (QED) is 0.279. The molecule has 0 spiro atoms. The van der Waals surface area contributed by atoms with Gasteiger partial charge >= 0.3 is 12.3 Å². The Kier molecular flexibility index (Phi) is 8.28. The van der Waals surface area contributed by atoms with Crippen LogP contribution in [0.2, 0.25) is 0 Å². The Bertz CT molecular complexity index is 1470. The summed E-state index contributed by atoms with van der Waals surface area (Å²) in [6.45, 7) is 5.62. The zero-order valence-electron chi connectivity index (χ0n) is 22.6. The Morgan fingerprint density at radius 3 is 2.39 bits per heavy atom. The topological polar surface area (TPSA) is 78.9 Å². The zero-order valence-corrected chi connectivity index (χ0v) is 22.6. The van der Waals surface area contributed by atoms with Crippen molar-refractivity contribution in [2.75, 3.05) is 11.9 Å². The van der Waals surface area contributed by atoms with Gasteiger partial charge in [0.2, 0.25) is 0 Å². The number of nitrogens with one attached hydrogen (secondary N) is 1. The van der Waals surface area contributed by atoms with E-state index in [4.69, 9.17) is 4.74 Å². The smallest absolute Gasteiger partial charge is 0.416 e. The molecule has 0 radical (unpaired) electrons. The normalized spacial score (nSPS) is 15.6. The van der Waals surface area contributed by atoms with Gasteiger partial charge in [-0.1, -0.05) is 13.8 Å². The molecule has 0 saturated carbocycles. The highest BCUT2D eigenvalue weighted by Gasteiger charge is 2.40. The zero-order chi connectivity index (χ0) is 30.1. The highest BCUT2D eigenvalue weighted by Crippen LogP contribution is 2.38. The first kappa shape index (κ1) is 29.8.